The summed E-state index contributed by atoms with van der Waals surface area (Å²) in [6.45, 7) is 154. The van der Waals surface area contributed by atoms with Crippen molar-refractivity contribution in [3.63, 3.8) is 0 Å². The Balaban J connectivity index is -0.0000000837. The molecule has 0 heterocycles. The van der Waals surface area contributed by atoms with Gasteiger partial charge in [0.25, 0.3) is 0 Å². The normalized spacial score (nSPS) is 13.3. The topological polar surface area (TPSA) is 156 Å². The minimum Gasteiger partial charge on any atom is -0.315 e. The maximum absolute atomic E-state index is 3.56. The van der Waals surface area contributed by atoms with Gasteiger partial charge in [-0.05, 0) is 209 Å². The second-order valence-electron chi connectivity index (χ2n) is 48.9. The Kier molecular flexibility index (Phi) is 96.1. The predicted molar refractivity (Wildman–Crippen MR) is 565 cm³/mol. The fraction of sp³-hybridized carbons (Fsp3) is 1.00. The SMILES string of the molecule is C.CC(C)CNC(C)C.CC(C)NC(C)(C)C.CC(C)NC(C)(C)C.CC(C)NC(C)(C)C(C)(C)C.CC(C)NC(C)(C)C(C)(C)C.CC(C)NC(C)(C)C(C)C.CC(C)NC(C)(C)C(C)C.CC(C)NC(C)C(C)(C)C.CC(C)NC(C)C(C)C.CC(C)NCC(C)(C)C.CCC(C)(C)NC(C)C.CCC(C)NC(C)C.CCCNC(C)C. The van der Waals surface area contributed by atoms with E-state index >= 15 is 0 Å². The van der Waals surface area contributed by atoms with Crippen LogP contribution in [0.1, 0.15) is 498 Å². The van der Waals surface area contributed by atoms with Gasteiger partial charge in [-0.25, -0.2) is 0 Å². The van der Waals surface area contributed by atoms with Crippen molar-refractivity contribution in [1.82, 2.24) is 69.1 Å². The van der Waals surface area contributed by atoms with E-state index in [1.807, 2.05) is 0 Å². The first-order valence-corrected chi connectivity index (χ1v) is 48.6. The van der Waals surface area contributed by atoms with Crippen molar-refractivity contribution >= 4 is 0 Å². The number of rotatable bonds is 31. The molecule has 0 saturated heterocycles. The zero-order chi connectivity index (χ0) is 98.5. The third kappa shape index (κ3) is 138. The highest BCUT2D eigenvalue weighted by atomic mass is 15.0. The smallest absolute Gasteiger partial charge is 0.0175 e. The molecule has 0 spiro atoms. The largest absolute Gasteiger partial charge is 0.315 e. The van der Waals surface area contributed by atoms with E-state index < -0.39 is 0 Å². The van der Waals surface area contributed by atoms with Gasteiger partial charge in [0.2, 0.25) is 0 Å². The van der Waals surface area contributed by atoms with Crippen LogP contribution >= 0.6 is 0 Å². The molecule has 0 rings (SSSR count). The first-order chi connectivity index (χ1) is 51.7. The van der Waals surface area contributed by atoms with Crippen molar-refractivity contribution < 1.29 is 0 Å². The van der Waals surface area contributed by atoms with Crippen LogP contribution in [0.4, 0.5) is 0 Å². The van der Waals surface area contributed by atoms with Crippen LogP contribution in [0.25, 0.3) is 0 Å². The van der Waals surface area contributed by atoms with Gasteiger partial charge in [-0.3, -0.25) is 0 Å². The predicted octanol–water partition coefficient (Wildman–Crippen LogP) is 28.1. The summed E-state index contributed by atoms with van der Waals surface area (Å²) in [4.78, 5) is 0. The lowest BCUT2D eigenvalue weighted by Crippen LogP contribution is -2.52. The first kappa shape index (κ1) is 150. The third-order valence-corrected chi connectivity index (χ3v) is 19.8. The summed E-state index contributed by atoms with van der Waals surface area (Å²) in [7, 11) is 0. The van der Waals surface area contributed by atoms with E-state index in [-0.39, 0.29) is 40.7 Å². The molecular weight excluding hydrogens is 1460 g/mol. The minimum absolute atomic E-state index is 0. The maximum atomic E-state index is 3.56. The lowest BCUT2D eigenvalue weighted by Gasteiger charge is -2.41. The van der Waals surface area contributed by atoms with E-state index in [2.05, 4.69) is 540 Å². The molecule has 0 aliphatic rings. The lowest BCUT2D eigenvalue weighted by molar-refractivity contribution is 0.164. The molecule has 13 heteroatoms. The summed E-state index contributed by atoms with van der Waals surface area (Å²) < 4.78 is 0. The lowest BCUT2D eigenvalue weighted by atomic mass is 9.76. The molecule has 0 fully saturated rings. The van der Waals surface area contributed by atoms with E-state index in [1.165, 1.54) is 19.3 Å². The number of hydrogen-bond acceptors (Lipinski definition) is 13. The van der Waals surface area contributed by atoms with Crippen LogP contribution in [0.3, 0.4) is 0 Å². The van der Waals surface area contributed by atoms with E-state index in [4.69, 9.17) is 0 Å². The first-order valence-electron chi connectivity index (χ1n) is 48.6. The van der Waals surface area contributed by atoms with E-state index in [0.29, 0.717) is 136 Å². The van der Waals surface area contributed by atoms with Crippen LogP contribution < -0.4 is 69.1 Å². The van der Waals surface area contributed by atoms with Crippen molar-refractivity contribution in [3.05, 3.63) is 0 Å². The highest BCUT2D eigenvalue weighted by Crippen LogP contribution is 2.31. The highest BCUT2D eigenvalue weighted by Gasteiger charge is 2.34. The van der Waals surface area contributed by atoms with Crippen molar-refractivity contribution in [3.8, 4) is 0 Å². The zero-order valence-electron chi connectivity index (χ0n) is 95.8. The van der Waals surface area contributed by atoms with Crippen LogP contribution in [-0.4, -0.2) is 155 Å². The molecular formula is C106H253N13. The van der Waals surface area contributed by atoms with Crippen molar-refractivity contribution in [1.29, 1.82) is 0 Å². The molecule has 0 aliphatic carbocycles. The van der Waals surface area contributed by atoms with E-state index in [9.17, 15) is 0 Å². The minimum atomic E-state index is 0. The Hall–Kier alpha value is -0.520. The van der Waals surface area contributed by atoms with E-state index in [1.54, 1.807) is 0 Å². The van der Waals surface area contributed by atoms with E-state index in [0.717, 1.165) is 31.5 Å². The van der Waals surface area contributed by atoms with Crippen molar-refractivity contribution in [2.45, 2.75) is 633 Å². The summed E-state index contributed by atoms with van der Waals surface area (Å²) in [6.07, 6.45) is 3.64. The average Bonchev–Trinajstić information content (AvgIpc) is 0.842. The van der Waals surface area contributed by atoms with Gasteiger partial charge in [-0.1, -0.05) is 347 Å². The fourth-order valence-corrected chi connectivity index (χ4v) is 9.88. The van der Waals surface area contributed by atoms with Gasteiger partial charge in [-0.15, -0.1) is 0 Å². The summed E-state index contributed by atoms with van der Waals surface area (Å²) in [5.74, 6) is 2.90. The third-order valence-electron chi connectivity index (χ3n) is 19.8. The molecule has 742 valence electrons. The molecule has 0 bridgehead atoms. The van der Waals surface area contributed by atoms with Crippen LogP contribution in [0.15, 0.2) is 0 Å². The molecule has 0 amide bonds. The highest BCUT2D eigenvalue weighted by molar-refractivity contribution is 4.92. The number of nitrogens with one attached hydrogen (secondary N) is 13. The summed E-state index contributed by atoms with van der Waals surface area (Å²) in [5, 5.41) is 44.7. The summed E-state index contributed by atoms with van der Waals surface area (Å²) in [5.41, 5.74) is 3.25. The van der Waals surface area contributed by atoms with Crippen LogP contribution in [0.5, 0.6) is 0 Å². The summed E-state index contributed by atoms with van der Waals surface area (Å²) >= 11 is 0. The molecule has 0 saturated carbocycles. The average molecular weight is 1710 g/mol. The Morgan fingerprint density at radius 3 is 0.613 bits per heavy atom. The monoisotopic (exact) mass is 1710 g/mol. The van der Waals surface area contributed by atoms with Gasteiger partial charge in [0.15, 0.2) is 0 Å². The molecule has 13 N–H and O–H groups in total. The zero-order valence-corrected chi connectivity index (χ0v) is 95.8. The molecule has 3 unspecified atom stereocenters. The molecule has 13 nitrogen and oxygen atoms in total. The Labute approximate surface area is 762 Å². The molecule has 0 aromatic carbocycles. The molecule has 0 radical (unpaired) electrons. The second-order valence-corrected chi connectivity index (χ2v) is 48.9. The van der Waals surface area contributed by atoms with Crippen LogP contribution in [0, 0.1) is 45.3 Å². The summed E-state index contributed by atoms with van der Waals surface area (Å²) in [6, 6.07) is 9.71. The Morgan fingerprint density at radius 2 is 0.538 bits per heavy atom. The standard InChI is InChI=1S/2C10H23N.3C9H21N.3C8H19N.4C7H17N.C6H15N.CH4/c2*1-8(2)11-10(6,7)9(3,4)5;1-7(2)10-8(3)9(4,5)6;2*1-7(2)9(5,6)10-8(3)4;1-7(2)9-6-8(3,4)5;1-6-8(4,5)9-7(2)3;1-6(2)8(5)9-7(3)4;2*1-6(2)8-7(3,4)5;1-6(2)5-8-7(3)4;1-5-7(4)8-6(2)3;1-4-5-7-6(2)3;/h2*8,11H,1-7H3;3*7-8,10H,1-6H3;2*7,9H,6H2,1-5H3;6-9H,1-5H3;2*6,8H,1-5H3;2*6-8H,5H2,1-4H3;6-7H,4-5H2,1-3H3;1H4. The fourth-order valence-electron chi connectivity index (χ4n) is 9.88. The molecule has 0 aliphatic heterocycles. The van der Waals surface area contributed by atoms with Gasteiger partial charge in [-0.2, -0.15) is 0 Å². The van der Waals surface area contributed by atoms with Gasteiger partial charge >= 0.3 is 0 Å². The Bertz CT molecular complexity index is 1940. The molecule has 0 aromatic rings. The maximum Gasteiger partial charge on any atom is 0.0175 e. The van der Waals surface area contributed by atoms with Gasteiger partial charge in [0.1, 0.15) is 0 Å². The van der Waals surface area contributed by atoms with Gasteiger partial charge in [0, 0.05) is 142 Å². The Morgan fingerprint density at radius 1 is 0.269 bits per heavy atom. The van der Waals surface area contributed by atoms with Gasteiger partial charge < -0.3 is 69.1 Å². The molecule has 3 atom stereocenters. The van der Waals surface area contributed by atoms with Crippen molar-refractivity contribution in [2.24, 2.45) is 45.3 Å². The van der Waals surface area contributed by atoms with Crippen LogP contribution in [0.2, 0.25) is 0 Å². The van der Waals surface area contributed by atoms with Crippen LogP contribution in [-0.2, 0) is 0 Å². The van der Waals surface area contributed by atoms with Crippen molar-refractivity contribution in [2.75, 3.05) is 19.6 Å². The second kappa shape index (κ2) is 76.4. The quantitative estimate of drug-likeness (QED) is 0.0319. The molecule has 119 heavy (non-hydrogen) atoms. The molecule has 0 aromatic heterocycles. The van der Waals surface area contributed by atoms with Gasteiger partial charge in [0.05, 0.1) is 0 Å². The number of hydrogen-bond donors (Lipinski definition) is 13.